The summed E-state index contributed by atoms with van der Waals surface area (Å²) in [6.45, 7) is 7.01. The third-order valence-corrected chi connectivity index (χ3v) is 15.7. The van der Waals surface area contributed by atoms with E-state index in [0.717, 1.165) is 77.0 Å². The van der Waals surface area contributed by atoms with Crippen LogP contribution >= 0.6 is 7.82 Å². The van der Waals surface area contributed by atoms with Gasteiger partial charge in [0.05, 0.1) is 33.8 Å². The lowest BCUT2D eigenvalue weighted by atomic mass is 10.0. The fourth-order valence-corrected chi connectivity index (χ4v) is 10.3. The molecule has 0 radical (unpaired) electrons. The number of unbranched alkanes of at least 4 members (excludes halogenated alkanes) is 38. The van der Waals surface area contributed by atoms with Crippen molar-refractivity contribution < 1.29 is 37.3 Å². The molecule has 1 amide bonds. The minimum absolute atomic E-state index is 0.0396. The second kappa shape index (κ2) is 57.2. The summed E-state index contributed by atoms with van der Waals surface area (Å²) in [7, 11) is 1.50. The molecule has 9 nitrogen and oxygen atoms in total. The van der Waals surface area contributed by atoms with Crippen molar-refractivity contribution in [1.82, 2.24) is 5.32 Å². The zero-order valence-corrected chi connectivity index (χ0v) is 52.6. The van der Waals surface area contributed by atoms with Gasteiger partial charge in [-0.1, -0.05) is 262 Å². The van der Waals surface area contributed by atoms with Crippen LogP contribution in [0.1, 0.15) is 316 Å². The van der Waals surface area contributed by atoms with Crippen molar-refractivity contribution in [3.05, 3.63) is 48.6 Å². The number of carbonyl (C=O) groups excluding carboxylic acids is 2. The van der Waals surface area contributed by atoms with Crippen LogP contribution in [-0.4, -0.2) is 74.3 Å². The van der Waals surface area contributed by atoms with E-state index >= 15 is 0 Å². The zero-order valence-electron chi connectivity index (χ0n) is 51.7. The Hall–Kier alpha value is -2.03. The molecule has 0 rings (SSSR count). The van der Waals surface area contributed by atoms with E-state index in [1.165, 1.54) is 205 Å². The van der Waals surface area contributed by atoms with Gasteiger partial charge in [0.2, 0.25) is 5.91 Å². The number of hydrogen-bond acceptors (Lipinski definition) is 6. The highest BCUT2D eigenvalue weighted by atomic mass is 31.2. The summed E-state index contributed by atoms with van der Waals surface area (Å²) in [4.78, 5) is 37.7. The fraction of sp³-hybridized carbons (Fsp3) is 0.851. The van der Waals surface area contributed by atoms with Gasteiger partial charge in [-0.05, 0) is 89.5 Å². The smallest absolute Gasteiger partial charge is 0.456 e. The van der Waals surface area contributed by atoms with Crippen LogP contribution in [0.4, 0.5) is 0 Å². The zero-order chi connectivity index (χ0) is 56.4. The summed E-state index contributed by atoms with van der Waals surface area (Å²) >= 11 is 0. The van der Waals surface area contributed by atoms with Crippen molar-refractivity contribution in [3.8, 4) is 0 Å². The molecule has 77 heavy (non-hydrogen) atoms. The first kappa shape index (κ1) is 75.0. The Morgan fingerprint density at radius 3 is 1.21 bits per heavy atom. The SMILES string of the molecule is CCCCC/C=C\C/C=C\CCCCCCCCCC(=O)OC(/C=C\CCCCCCCCCCC)C(COP(=O)(O)OCC[N+](C)(C)C)NC(=O)CCCCCCCCCCCCCCC/C=C/CCCCCCCC. The lowest BCUT2D eigenvalue weighted by Crippen LogP contribution is -2.47. The van der Waals surface area contributed by atoms with Gasteiger partial charge in [0.15, 0.2) is 0 Å². The molecule has 3 atom stereocenters. The maximum atomic E-state index is 13.6. The molecule has 0 aromatic carbocycles. The molecule has 0 saturated carbocycles. The van der Waals surface area contributed by atoms with Crippen LogP contribution in [0.25, 0.3) is 0 Å². The minimum Gasteiger partial charge on any atom is -0.456 e. The molecule has 3 unspecified atom stereocenters. The Bertz CT molecular complexity index is 1460. The predicted octanol–water partition coefficient (Wildman–Crippen LogP) is 20.5. The Morgan fingerprint density at radius 1 is 0.455 bits per heavy atom. The third-order valence-electron chi connectivity index (χ3n) is 14.7. The first-order valence-electron chi connectivity index (χ1n) is 33.0. The number of allylic oxidation sites excluding steroid dienone is 7. The summed E-state index contributed by atoms with van der Waals surface area (Å²) in [5, 5.41) is 3.06. The van der Waals surface area contributed by atoms with E-state index in [-0.39, 0.29) is 31.5 Å². The molecule has 0 aromatic heterocycles. The summed E-state index contributed by atoms with van der Waals surface area (Å²) in [6.07, 6.45) is 71.1. The molecule has 0 spiro atoms. The molecule has 0 aromatic rings. The third kappa shape index (κ3) is 58.4. The standard InChI is InChI=1S/C67H127N2O7P/c1-7-10-13-16-19-22-25-27-29-31-32-33-34-35-36-38-39-41-44-47-50-53-56-59-66(70)68-64(63-75-77(72,73)74-62-61-69(4,5)6)65(58-55-52-49-46-43-24-21-18-15-12-9-3)76-67(71)60-57-54-51-48-45-42-40-37-30-28-26-23-20-17-14-11-8-2/h20,23,27-30,55,58,64-65H,7-19,21-22,24-26,31-54,56-57,59-63H2,1-6H3,(H-,68,70,72,73)/p+1/b23-20-,29-27+,30-28-,58-55-. The lowest BCUT2D eigenvalue weighted by Gasteiger charge is -2.27. The van der Waals surface area contributed by atoms with Crippen LogP contribution in [0.5, 0.6) is 0 Å². The Balaban J connectivity index is 5.10. The van der Waals surface area contributed by atoms with Crippen LogP contribution in [0.3, 0.4) is 0 Å². The second-order valence-corrected chi connectivity index (χ2v) is 25.1. The molecular weight excluding hydrogens is 976 g/mol. The number of amides is 1. The van der Waals surface area contributed by atoms with Gasteiger partial charge in [-0.15, -0.1) is 0 Å². The van der Waals surface area contributed by atoms with Gasteiger partial charge in [-0.3, -0.25) is 18.6 Å². The van der Waals surface area contributed by atoms with Crippen LogP contribution in [0.2, 0.25) is 0 Å². The van der Waals surface area contributed by atoms with E-state index in [1.807, 2.05) is 33.3 Å². The fourth-order valence-electron chi connectivity index (χ4n) is 9.61. The molecular formula is C67H128N2O7P+. The number of phosphoric ester groups is 1. The second-order valence-electron chi connectivity index (χ2n) is 23.6. The van der Waals surface area contributed by atoms with Crippen molar-refractivity contribution in [2.75, 3.05) is 40.9 Å². The maximum absolute atomic E-state index is 13.6. The van der Waals surface area contributed by atoms with Crippen molar-refractivity contribution in [1.29, 1.82) is 0 Å². The maximum Gasteiger partial charge on any atom is 0.472 e. The monoisotopic (exact) mass is 1100 g/mol. The molecule has 2 N–H and O–H groups in total. The average molecular weight is 1100 g/mol. The molecule has 0 aliphatic carbocycles. The van der Waals surface area contributed by atoms with Gasteiger partial charge < -0.3 is 19.4 Å². The largest absolute Gasteiger partial charge is 0.472 e. The highest BCUT2D eigenvalue weighted by Gasteiger charge is 2.30. The average Bonchev–Trinajstić information content (AvgIpc) is 3.39. The molecule has 0 saturated heterocycles. The number of likely N-dealkylation sites (N-methyl/N-ethyl adjacent to an activating group) is 1. The number of nitrogens with one attached hydrogen (secondary N) is 1. The highest BCUT2D eigenvalue weighted by molar-refractivity contribution is 7.47. The number of phosphoric acid groups is 1. The van der Waals surface area contributed by atoms with E-state index in [2.05, 4.69) is 62.5 Å². The molecule has 0 bridgehead atoms. The molecule has 0 heterocycles. The van der Waals surface area contributed by atoms with Gasteiger partial charge in [0.1, 0.15) is 19.3 Å². The minimum atomic E-state index is -4.45. The van der Waals surface area contributed by atoms with Crippen molar-refractivity contribution in [3.63, 3.8) is 0 Å². The summed E-state index contributed by atoms with van der Waals surface area (Å²) in [5.41, 5.74) is 0. The van der Waals surface area contributed by atoms with Gasteiger partial charge in [-0.2, -0.15) is 0 Å². The predicted molar refractivity (Wildman–Crippen MR) is 332 cm³/mol. The molecule has 0 aliphatic heterocycles. The van der Waals surface area contributed by atoms with E-state index in [9.17, 15) is 19.0 Å². The summed E-state index contributed by atoms with van der Waals surface area (Å²) in [5.74, 6) is -0.504. The van der Waals surface area contributed by atoms with Crippen LogP contribution in [0, 0.1) is 0 Å². The highest BCUT2D eigenvalue weighted by Crippen LogP contribution is 2.43. The molecule has 0 aliphatic rings. The Morgan fingerprint density at radius 2 is 0.792 bits per heavy atom. The van der Waals surface area contributed by atoms with E-state index < -0.39 is 20.0 Å². The van der Waals surface area contributed by atoms with Crippen LogP contribution < -0.4 is 5.32 Å². The van der Waals surface area contributed by atoms with Gasteiger partial charge in [-0.25, -0.2) is 4.57 Å². The van der Waals surface area contributed by atoms with Gasteiger partial charge >= 0.3 is 13.8 Å². The normalized spacial score (nSPS) is 13.9. The summed E-state index contributed by atoms with van der Waals surface area (Å²) < 4.78 is 30.7. The Kier molecular flexibility index (Phi) is 55.7. The number of nitrogens with zero attached hydrogens (tertiary/aromatic N) is 1. The Labute approximate surface area is 478 Å². The van der Waals surface area contributed by atoms with E-state index in [0.29, 0.717) is 17.4 Å². The van der Waals surface area contributed by atoms with Crippen molar-refractivity contribution >= 4 is 19.7 Å². The van der Waals surface area contributed by atoms with Gasteiger partial charge in [0.25, 0.3) is 0 Å². The number of quaternary nitrogens is 1. The lowest BCUT2D eigenvalue weighted by molar-refractivity contribution is -0.870. The molecule has 10 heteroatoms. The van der Waals surface area contributed by atoms with E-state index in [1.54, 1.807) is 0 Å². The molecule has 452 valence electrons. The van der Waals surface area contributed by atoms with Crippen molar-refractivity contribution in [2.24, 2.45) is 0 Å². The number of hydrogen-bond donors (Lipinski definition) is 2. The topological polar surface area (TPSA) is 111 Å². The molecule has 0 fully saturated rings. The summed E-state index contributed by atoms with van der Waals surface area (Å²) in [6, 6.07) is -0.850. The number of rotatable bonds is 60. The van der Waals surface area contributed by atoms with Gasteiger partial charge in [0, 0.05) is 12.8 Å². The van der Waals surface area contributed by atoms with E-state index in [4.69, 9.17) is 13.8 Å². The number of esters is 1. The first-order chi connectivity index (χ1) is 37.4. The quantitative estimate of drug-likeness (QED) is 0.0205. The number of ether oxygens (including phenoxy) is 1. The van der Waals surface area contributed by atoms with Crippen molar-refractivity contribution in [2.45, 2.75) is 328 Å². The first-order valence-corrected chi connectivity index (χ1v) is 34.5. The van der Waals surface area contributed by atoms with Crippen LogP contribution in [-0.2, 0) is 27.9 Å². The number of carbonyl (C=O) groups is 2. The van der Waals surface area contributed by atoms with Crippen LogP contribution in [0.15, 0.2) is 48.6 Å².